The van der Waals surface area contributed by atoms with Gasteiger partial charge in [0.1, 0.15) is 11.5 Å². The molecule has 1 aliphatic heterocycles. The van der Waals surface area contributed by atoms with Crippen molar-refractivity contribution in [3.8, 4) is 11.5 Å². The second kappa shape index (κ2) is 6.12. The number of tetrazole rings is 1. The molecule has 3 aromatic rings. The Morgan fingerprint density at radius 3 is 2.92 bits per heavy atom. The molecule has 0 amide bonds. The number of nitrogens with one attached hydrogen (secondary N) is 1. The SMILES string of the molecule is COc1ccc([C@H]2C[C@@H](c3cccs3)Nc3nnnn32)c(OC)c1. The molecule has 1 aliphatic rings. The van der Waals surface area contributed by atoms with Crippen molar-refractivity contribution in [2.75, 3.05) is 19.5 Å². The minimum absolute atomic E-state index is 0.00999. The van der Waals surface area contributed by atoms with Gasteiger partial charge in [0, 0.05) is 16.5 Å². The number of aromatic nitrogens is 4. The van der Waals surface area contributed by atoms with E-state index < -0.39 is 0 Å². The summed E-state index contributed by atoms with van der Waals surface area (Å²) in [6.07, 6.45) is 0.835. The number of hydrogen-bond acceptors (Lipinski definition) is 7. The molecular formula is C16H17N5O2S. The molecule has 2 aromatic heterocycles. The molecule has 0 saturated heterocycles. The largest absolute Gasteiger partial charge is 0.497 e. The van der Waals surface area contributed by atoms with Crippen molar-refractivity contribution in [3.63, 3.8) is 0 Å². The fourth-order valence-corrected chi connectivity index (χ4v) is 3.86. The third-order valence-corrected chi connectivity index (χ3v) is 5.22. The molecule has 0 unspecified atom stereocenters. The van der Waals surface area contributed by atoms with Crippen molar-refractivity contribution in [2.45, 2.75) is 18.5 Å². The maximum absolute atomic E-state index is 5.58. The fourth-order valence-electron chi connectivity index (χ4n) is 3.07. The van der Waals surface area contributed by atoms with Crippen LogP contribution in [0.1, 0.15) is 28.9 Å². The number of nitrogens with zero attached hydrogens (tertiary/aromatic N) is 4. The molecule has 8 heteroatoms. The lowest BCUT2D eigenvalue weighted by atomic mass is 9.96. The van der Waals surface area contributed by atoms with Crippen LogP contribution in [0, 0.1) is 0 Å². The molecule has 24 heavy (non-hydrogen) atoms. The third-order valence-electron chi connectivity index (χ3n) is 4.24. The van der Waals surface area contributed by atoms with E-state index >= 15 is 0 Å². The van der Waals surface area contributed by atoms with Crippen LogP contribution < -0.4 is 14.8 Å². The van der Waals surface area contributed by atoms with Gasteiger partial charge in [0.2, 0.25) is 5.95 Å². The highest BCUT2D eigenvalue weighted by molar-refractivity contribution is 7.10. The average Bonchev–Trinajstić information content (AvgIpc) is 3.31. The minimum Gasteiger partial charge on any atom is -0.497 e. The van der Waals surface area contributed by atoms with Gasteiger partial charge in [-0.05, 0) is 40.4 Å². The molecule has 7 nitrogen and oxygen atoms in total. The molecule has 0 fully saturated rings. The fraction of sp³-hybridized carbons (Fsp3) is 0.312. The monoisotopic (exact) mass is 343 g/mol. The number of rotatable bonds is 4. The first-order chi connectivity index (χ1) is 11.8. The highest BCUT2D eigenvalue weighted by Crippen LogP contribution is 2.41. The van der Waals surface area contributed by atoms with Crippen molar-refractivity contribution in [1.82, 2.24) is 20.2 Å². The van der Waals surface area contributed by atoms with Gasteiger partial charge in [0.05, 0.1) is 26.3 Å². The van der Waals surface area contributed by atoms with Gasteiger partial charge in [-0.15, -0.1) is 11.3 Å². The highest BCUT2D eigenvalue weighted by atomic mass is 32.1. The van der Waals surface area contributed by atoms with Crippen LogP contribution in [0.15, 0.2) is 35.7 Å². The van der Waals surface area contributed by atoms with Gasteiger partial charge in [-0.25, -0.2) is 4.68 Å². The smallest absolute Gasteiger partial charge is 0.244 e. The molecule has 2 atom stereocenters. The molecular weight excluding hydrogens is 326 g/mol. The molecule has 0 radical (unpaired) electrons. The van der Waals surface area contributed by atoms with Gasteiger partial charge < -0.3 is 14.8 Å². The Morgan fingerprint density at radius 1 is 1.25 bits per heavy atom. The van der Waals surface area contributed by atoms with E-state index in [1.807, 2.05) is 22.9 Å². The molecule has 1 N–H and O–H groups in total. The maximum atomic E-state index is 5.58. The summed E-state index contributed by atoms with van der Waals surface area (Å²) < 4.78 is 12.7. The van der Waals surface area contributed by atoms with E-state index in [-0.39, 0.29) is 12.1 Å². The molecule has 3 heterocycles. The quantitative estimate of drug-likeness (QED) is 0.785. The molecule has 0 aliphatic carbocycles. The summed E-state index contributed by atoms with van der Waals surface area (Å²) >= 11 is 1.73. The standard InChI is InChI=1S/C16H17N5O2S/c1-22-10-5-6-11(14(8-10)23-2)13-9-12(15-4-3-7-24-15)17-16-18-19-20-21(13)16/h3-8,12-13H,9H2,1-2H3,(H,17,18,20)/t12-,13+/m0/s1. The van der Waals surface area contributed by atoms with Gasteiger partial charge in [0.15, 0.2) is 0 Å². The summed E-state index contributed by atoms with van der Waals surface area (Å²) in [5.74, 6) is 2.20. The molecule has 0 bridgehead atoms. The molecule has 0 spiro atoms. The maximum Gasteiger partial charge on any atom is 0.244 e. The summed E-state index contributed by atoms with van der Waals surface area (Å²) in [5, 5.41) is 17.6. The summed E-state index contributed by atoms with van der Waals surface area (Å²) in [5.41, 5.74) is 1.04. The second-order valence-corrected chi connectivity index (χ2v) is 6.50. The van der Waals surface area contributed by atoms with Gasteiger partial charge in [0.25, 0.3) is 0 Å². The van der Waals surface area contributed by atoms with E-state index in [4.69, 9.17) is 9.47 Å². The number of thiophene rings is 1. The average molecular weight is 343 g/mol. The van der Waals surface area contributed by atoms with E-state index in [1.54, 1.807) is 25.6 Å². The molecule has 1 aromatic carbocycles. The number of methoxy groups -OCH3 is 2. The van der Waals surface area contributed by atoms with Crippen LogP contribution in [-0.2, 0) is 0 Å². The summed E-state index contributed by atoms with van der Waals surface area (Å²) in [6, 6.07) is 10.2. The summed E-state index contributed by atoms with van der Waals surface area (Å²) in [6.45, 7) is 0. The number of anilines is 1. The zero-order valence-corrected chi connectivity index (χ0v) is 14.2. The minimum atomic E-state index is -0.00999. The number of ether oxygens (including phenoxy) is 2. The van der Waals surface area contributed by atoms with E-state index in [0.717, 1.165) is 23.5 Å². The van der Waals surface area contributed by atoms with Crippen molar-refractivity contribution >= 4 is 17.3 Å². The first-order valence-electron chi connectivity index (χ1n) is 7.60. The number of fused-ring (bicyclic) bond motifs is 1. The van der Waals surface area contributed by atoms with Crippen LogP contribution in [0.5, 0.6) is 11.5 Å². The van der Waals surface area contributed by atoms with Crippen molar-refractivity contribution in [2.24, 2.45) is 0 Å². The highest BCUT2D eigenvalue weighted by Gasteiger charge is 2.32. The predicted octanol–water partition coefficient (Wildman–Crippen LogP) is 2.90. The Balaban J connectivity index is 1.77. The van der Waals surface area contributed by atoms with Gasteiger partial charge in [-0.1, -0.05) is 11.2 Å². The van der Waals surface area contributed by atoms with E-state index in [1.165, 1.54) is 4.88 Å². The Labute approximate surface area is 143 Å². The summed E-state index contributed by atoms with van der Waals surface area (Å²) in [7, 11) is 3.31. The summed E-state index contributed by atoms with van der Waals surface area (Å²) in [4.78, 5) is 1.27. The Morgan fingerprint density at radius 2 is 2.17 bits per heavy atom. The molecule has 4 rings (SSSR count). The van der Waals surface area contributed by atoms with Crippen LogP contribution in [0.3, 0.4) is 0 Å². The van der Waals surface area contributed by atoms with E-state index in [2.05, 4.69) is 38.4 Å². The number of benzene rings is 1. The van der Waals surface area contributed by atoms with Crippen LogP contribution in [-0.4, -0.2) is 34.4 Å². The lowest BCUT2D eigenvalue weighted by Gasteiger charge is -2.31. The first kappa shape index (κ1) is 14.9. The van der Waals surface area contributed by atoms with E-state index in [9.17, 15) is 0 Å². The Kier molecular flexibility index (Phi) is 3.81. The first-order valence-corrected chi connectivity index (χ1v) is 8.48. The van der Waals surface area contributed by atoms with Crippen molar-refractivity contribution < 1.29 is 9.47 Å². The zero-order chi connectivity index (χ0) is 16.5. The van der Waals surface area contributed by atoms with Gasteiger partial charge >= 0.3 is 0 Å². The second-order valence-electron chi connectivity index (χ2n) is 5.52. The van der Waals surface area contributed by atoms with Crippen molar-refractivity contribution in [3.05, 3.63) is 46.2 Å². The van der Waals surface area contributed by atoms with Gasteiger partial charge in [-0.2, -0.15) is 0 Å². The van der Waals surface area contributed by atoms with Crippen LogP contribution >= 0.6 is 11.3 Å². The number of hydrogen-bond donors (Lipinski definition) is 1. The molecule has 0 saturated carbocycles. The third kappa shape index (κ3) is 2.48. The normalized spacial score (nSPS) is 19.4. The lowest BCUT2D eigenvalue weighted by Crippen LogP contribution is -2.28. The van der Waals surface area contributed by atoms with Crippen molar-refractivity contribution in [1.29, 1.82) is 0 Å². The Hall–Kier alpha value is -2.61. The van der Waals surface area contributed by atoms with E-state index in [0.29, 0.717) is 5.95 Å². The van der Waals surface area contributed by atoms with Gasteiger partial charge in [-0.3, -0.25) is 0 Å². The van der Waals surface area contributed by atoms with Crippen LogP contribution in [0.4, 0.5) is 5.95 Å². The lowest BCUT2D eigenvalue weighted by molar-refractivity contribution is 0.370. The Bertz CT molecular complexity index is 833. The predicted molar refractivity (Wildman–Crippen MR) is 90.8 cm³/mol. The zero-order valence-electron chi connectivity index (χ0n) is 13.3. The van der Waals surface area contributed by atoms with Crippen LogP contribution in [0.25, 0.3) is 0 Å². The topological polar surface area (TPSA) is 74.1 Å². The van der Waals surface area contributed by atoms with Crippen LogP contribution in [0.2, 0.25) is 0 Å². The molecule has 124 valence electrons.